The lowest BCUT2D eigenvalue weighted by molar-refractivity contribution is -0.0366. The fourth-order valence-corrected chi connectivity index (χ4v) is 6.46. The van der Waals surface area contributed by atoms with Gasteiger partial charge in [-0.1, -0.05) is 23.2 Å². The topological polar surface area (TPSA) is 95.5 Å². The van der Waals surface area contributed by atoms with Crippen molar-refractivity contribution in [2.75, 3.05) is 19.7 Å². The van der Waals surface area contributed by atoms with Crippen molar-refractivity contribution < 1.29 is 18.8 Å². The molecule has 0 spiro atoms. The summed E-state index contributed by atoms with van der Waals surface area (Å²) in [6.07, 6.45) is 9.82. The first-order valence-corrected chi connectivity index (χ1v) is 15.1. The molecule has 0 radical (unpaired) electrons. The second kappa shape index (κ2) is 12.1. The Bertz CT molecular complexity index is 1300. The maximum atomic E-state index is 12.7. The fourth-order valence-electron chi connectivity index (χ4n) is 5.33. The molecule has 0 aliphatic carbocycles. The number of carbonyl (C=O) groups is 1. The molecule has 3 aromatic rings. The van der Waals surface area contributed by atoms with Crippen LogP contribution in [0.3, 0.4) is 0 Å². The van der Waals surface area contributed by atoms with E-state index in [0.29, 0.717) is 36.2 Å². The molecule has 1 amide bonds. The number of carbonyl (C=O) groups excluding carboxylic acids is 1. The molecule has 4 heterocycles. The Morgan fingerprint density at radius 3 is 2.79 bits per heavy atom. The van der Waals surface area contributed by atoms with Gasteiger partial charge >= 0.3 is 6.09 Å². The fraction of sp³-hybridized carbons (Fsp3) is 0.643. The largest absolute Gasteiger partial charge is 0.444 e. The summed E-state index contributed by atoms with van der Waals surface area (Å²) in [6.45, 7) is 7.64. The van der Waals surface area contributed by atoms with Crippen LogP contribution in [0.4, 0.5) is 4.79 Å². The number of halogens is 2. The second-order valence-electron chi connectivity index (χ2n) is 11.5. The summed E-state index contributed by atoms with van der Waals surface area (Å²) < 4.78 is 20.1. The number of aromatic nitrogens is 4. The first kappa shape index (κ1) is 28.4. The van der Waals surface area contributed by atoms with Crippen LogP contribution in [0.15, 0.2) is 21.3 Å². The van der Waals surface area contributed by atoms with E-state index in [1.807, 2.05) is 37.7 Å². The molecule has 1 aromatic carbocycles. The summed E-state index contributed by atoms with van der Waals surface area (Å²) in [4.78, 5) is 19.1. The third-order valence-corrected chi connectivity index (χ3v) is 8.55. The van der Waals surface area contributed by atoms with Crippen LogP contribution in [0.2, 0.25) is 5.02 Å². The number of rotatable bonds is 6. The predicted molar refractivity (Wildman–Crippen MR) is 152 cm³/mol. The van der Waals surface area contributed by atoms with Crippen LogP contribution >= 0.6 is 27.5 Å². The third kappa shape index (κ3) is 6.77. The molecule has 0 saturated carbocycles. The molecule has 0 N–H and O–H groups in total. The summed E-state index contributed by atoms with van der Waals surface area (Å²) in [5, 5.41) is 10.6. The van der Waals surface area contributed by atoms with Crippen molar-refractivity contribution in [3.05, 3.63) is 39.0 Å². The molecule has 2 aliphatic heterocycles. The van der Waals surface area contributed by atoms with Crippen LogP contribution in [-0.4, -0.2) is 56.2 Å². The van der Waals surface area contributed by atoms with Gasteiger partial charge in [-0.2, -0.15) is 10.1 Å². The van der Waals surface area contributed by atoms with E-state index in [1.165, 1.54) is 0 Å². The molecule has 0 bridgehead atoms. The standard InChI is InChI=1S/C28H37BrClN5O4/c1-28(2,3)38-27(36)34-13-6-4-9-18(17-34)26-32-23(39-33-26)11-8-10-19-21(30)15-22-20(25(19)29)16-31-35(22)24-12-5-7-14-37-24/h15-16,18,24H,4-14,17H2,1-3H3/t18-,24?/m1/s1. The molecule has 1 unspecified atom stereocenters. The van der Waals surface area contributed by atoms with Crippen molar-refractivity contribution in [3.8, 4) is 0 Å². The van der Waals surface area contributed by atoms with E-state index < -0.39 is 5.60 Å². The molecule has 2 aromatic heterocycles. The minimum atomic E-state index is -0.523. The quantitative estimate of drug-likeness (QED) is 0.287. The summed E-state index contributed by atoms with van der Waals surface area (Å²) in [7, 11) is 0. The van der Waals surface area contributed by atoms with E-state index in [-0.39, 0.29) is 18.2 Å². The van der Waals surface area contributed by atoms with Crippen molar-refractivity contribution >= 4 is 44.5 Å². The molecule has 212 valence electrons. The van der Waals surface area contributed by atoms with Gasteiger partial charge in [0.1, 0.15) is 5.60 Å². The van der Waals surface area contributed by atoms with Gasteiger partial charge in [0.25, 0.3) is 0 Å². The first-order valence-electron chi connectivity index (χ1n) is 14.0. The van der Waals surface area contributed by atoms with E-state index in [4.69, 9.17) is 30.6 Å². The number of nitrogens with zero attached hydrogens (tertiary/aromatic N) is 5. The van der Waals surface area contributed by atoms with Crippen LogP contribution < -0.4 is 0 Å². The SMILES string of the molecule is CC(C)(C)OC(=O)N1CCCC[C@@H](c2noc(CCCc3c(Cl)cc4c(cnn4C4CCCCO4)c3Br)n2)C1. The molecule has 39 heavy (non-hydrogen) atoms. The smallest absolute Gasteiger partial charge is 0.410 e. The zero-order valence-electron chi connectivity index (χ0n) is 22.9. The van der Waals surface area contributed by atoms with Gasteiger partial charge in [0.2, 0.25) is 5.89 Å². The summed E-state index contributed by atoms with van der Waals surface area (Å²) in [5.74, 6) is 1.31. The highest BCUT2D eigenvalue weighted by Crippen LogP contribution is 2.37. The van der Waals surface area contributed by atoms with Gasteiger partial charge in [-0.15, -0.1) is 0 Å². The van der Waals surface area contributed by atoms with Crippen molar-refractivity contribution in [2.24, 2.45) is 0 Å². The molecular weight excluding hydrogens is 586 g/mol. The molecule has 5 rings (SSSR count). The van der Waals surface area contributed by atoms with Gasteiger partial charge in [0.15, 0.2) is 12.1 Å². The van der Waals surface area contributed by atoms with Crippen molar-refractivity contribution in [3.63, 3.8) is 0 Å². The lowest BCUT2D eigenvalue weighted by atomic mass is 10.0. The van der Waals surface area contributed by atoms with Crippen LogP contribution in [0, 0.1) is 0 Å². The number of hydrogen-bond donors (Lipinski definition) is 0. The first-order chi connectivity index (χ1) is 18.7. The van der Waals surface area contributed by atoms with Crippen LogP contribution in [0.25, 0.3) is 10.9 Å². The van der Waals surface area contributed by atoms with Gasteiger partial charge in [0.05, 0.1) is 11.7 Å². The average molecular weight is 623 g/mol. The Morgan fingerprint density at radius 1 is 1.21 bits per heavy atom. The van der Waals surface area contributed by atoms with Crippen LogP contribution in [-0.2, 0) is 22.3 Å². The van der Waals surface area contributed by atoms with Crippen LogP contribution in [0.1, 0.15) is 95.1 Å². The highest BCUT2D eigenvalue weighted by atomic mass is 79.9. The van der Waals surface area contributed by atoms with Crippen molar-refractivity contribution in [1.82, 2.24) is 24.8 Å². The van der Waals surface area contributed by atoms with E-state index >= 15 is 0 Å². The van der Waals surface area contributed by atoms with Gasteiger partial charge in [-0.3, -0.25) is 0 Å². The molecule has 9 nitrogen and oxygen atoms in total. The summed E-state index contributed by atoms with van der Waals surface area (Å²) in [5.41, 5.74) is 1.50. The highest BCUT2D eigenvalue weighted by Gasteiger charge is 2.29. The average Bonchev–Trinajstić information content (AvgIpc) is 3.46. The number of likely N-dealkylation sites (tertiary alicyclic amines) is 1. The zero-order valence-corrected chi connectivity index (χ0v) is 25.3. The monoisotopic (exact) mass is 621 g/mol. The van der Waals surface area contributed by atoms with E-state index in [0.717, 1.165) is 78.9 Å². The van der Waals surface area contributed by atoms with Crippen molar-refractivity contribution in [1.29, 1.82) is 0 Å². The number of ether oxygens (including phenoxy) is 2. The van der Waals surface area contributed by atoms with Crippen LogP contribution in [0.5, 0.6) is 0 Å². The lowest BCUT2D eigenvalue weighted by Gasteiger charge is -2.27. The lowest BCUT2D eigenvalue weighted by Crippen LogP contribution is -2.38. The molecule has 2 fully saturated rings. The minimum Gasteiger partial charge on any atom is -0.444 e. The van der Waals surface area contributed by atoms with E-state index in [9.17, 15) is 4.79 Å². The Balaban J connectivity index is 1.21. The summed E-state index contributed by atoms with van der Waals surface area (Å²) >= 11 is 10.5. The van der Waals surface area contributed by atoms with Crippen molar-refractivity contribution in [2.45, 2.75) is 96.3 Å². The van der Waals surface area contributed by atoms with Gasteiger partial charge in [-0.05, 0) is 93.3 Å². The molecule has 2 atom stereocenters. The molecule has 11 heteroatoms. The minimum absolute atomic E-state index is 0.0354. The number of fused-ring (bicyclic) bond motifs is 1. The molecule has 2 aliphatic rings. The normalized spacial score (nSPS) is 20.8. The Hall–Kier alpha value is -2.17. The number of benzene rings is 1. The van der Waals surface area contributed by atoms with Gasteiger partial charge in [0, 0.05) is 46.9 Å². The maximum absolute atomic E-state index is 12.7. The van der Waals surface area contributed by atoms with Gasteiger partial charge < -0.3 is 18.9 Å². The number of aryl methyl sites for hydroxylation is 1. The number of hydrogen-bond acceptors (Lipinski definition) is 7. The Labute approximate surface area is 242 Å². The predicted octanol–water partition coefficient (Wildman–Crippen LogP) is 7.21. The summed E-state index contributed by atoms with van der Waals surface area (Å²) in [6, 6.07) is 2.00. The van der Waals surface area contributed by atoms with Gasteiger partial charge in [-0.25, -0.2) is 9.48 Å². The molecular formula is C28H37BrClN5O4. The number of amides is 1. The molecule has 2 saturated heterocycles. The maximum Gasteiger partial charge on any atom is 0.410 e. The zero-order chi connectivity index (χ0) is 27.6. The highest BCUT2D eigenvalue weighted by molar-refractivity contribution is 9.10. The van der Waals surface area contributed by atoms with E-state index in [2.05, 4.69) is 26.2 Å². The van der Waals surface area contributed by atoms with E-state index in [1.54, 1.807) is 4.90 Å². The Kier molecular flexibility index (Phi) is 8.83. The third-order valence-electron chi connectivity index (χ3n) is 7.31. The Morgan fingerprint density at radius 2 is 2.03 bits per heavy atom. The second-order valence-corrected chi connectivity index (χ2v) is 12.7.